The van der Waals surface area contributed by atoms with Gasteiger partial charge >= 0.3 is 0 Å². The smallest absolute Gasteiger partial charge is 0.165 e. The van der Waals surface area contributed by atoms with Crippen LogP contribution in [0.15, 0.2) is 30.3 Å². The van der Waals surface area contributed by atoms with Crippen molar-refractivity contribution < 1.29 is 19.0 Å². The molecule has 0 saturated heterocycles. The molecule has 0 aliphatic heterocycles. The molecular weight excluding hydrogens is 452 g/mol. The number of hydrogen-bond acceptors (Lipinski definition) is 7. The fourth-order valence-corrected chi connectivity index (χ4v) is 3.87. The third-order valence-electron chi connectivity index (χ3n) is 4.00. The number of benzene rings is 2. The van der Waals surface area contributed by atoms with Crippen LogP contribution in [0.25, 0.3) is 21.1 Å². The Morgan fingerprint density at radius 1 is 1.10 bits per heavy atom. The van der Waals surface area contributed by atoms with Gasteiger partial charge in [0.15, 0.2) is 11.6 Å². The monoisotopic (exact) mass is 471 g/mol. The van der Waals surface area contributed by atoms with E-state index in [0.29, 0.717) is 33.0 Å². The van der Waals surface area contributed by atoms with Crippen LogP contribution in [0, 0.1) is 5.82 Å². The van der Waals surface area contributed by atoms with Gasteiger partial charge in [-0.25, -0.2) is 4.39 Å². The van der Waals surface area contributed by atoms with Crippen LogP contribution >= 0.6 is 34.5 Å². The molecule has 0 aliphatic rings. The van der Waals surface area contributed by atoms with Crippen LogP contribution in [-0.2, 0) is 0 Å². The Kier molecular flexibility index (Phi) is 7.85. The van der Waals surface area contributed by atoms with Gasteiger partial charge in [0.25, 0.3) is 0 Å². The highest BCUT2D eigenvalue weighted by Gasteiger charge is 2.17. The van der Waals surface area contributed by atoms with E-state index in [0.717, 1.165) is 12.0 Å². The maximum absolute atomic E-state index is 14.4. The number of aromatic nitrogens is 2. The van der Waals surface area contributed by atoms with Gasteiger partial charge in [-0.3, -0.25) is 0 Å². The SMILES string of the molecule is CCCOc1ccc(-c2nnc(-c3cc(F)c(OC[C@H](N)CO)cc3Cl)s2)cc1Cl. The number of ether oxygens (including phenoxy) is 2. The molecular formula is C20H20Cl2FN3O3S. The van der Waals surface area contributed by atoms with Gasteiger partial charge < -0.3 is 20.3 Å². The van der Waals surface area contributed by atoms with E-state index in [1.54, 1.807) is 12.1 Å². The van der Waals surface area contributed by atoms with Gasteiger partial charge in [-0.2, -0.15) is 0 Å². The van der Waals surface area contributed by atoms with Crippen molar-refractivity contribution in [2.45, 2.75) is 19.4 Å². The van der Waals surface area contributed by atoms with Crippen LogP contribution in [0.4, 0.5) is 4.39 Å². The van der Waals surface area contributed by atoms with Crippen molar-refractivity contribution in [1.82, 2.24) is 10.2 Å². The fourth-order valence-electron chi connectivity index (χ4n) is 2.46. The molecule has 30 heavy (non-hydrogen) atoms. The average Bonchev–Trinajstić information content (AvgIpc) is 3.22. The first-order chi connectivity index (χ1) is 14.4. The highest BCUT2D eigenvalue weighted by Crippen LogP contribution is 2.38. The summed E-state index contributed by atoms with van der Waals surface area (Å²) in [4.78, 5) is 0. The minimum absolute atomic E-state index is 0.0369. The zero-order chi connectivity index (χ0) is 21.7. The van der Waals surface area contributed by atoms with Crippen molar-refractivity contribution in [1.29, 1.82) is 0 Å². The Labute approximate surface area is 187 Å². The standard InChI is InChI=1S/C20H20Cl2FN3O3S/c1-2-5-28-17-4-3-11(6-15(17)22)19-25-26-20(30-19)13-7-16(23)18(8-14(13)21)29-10-12(24)9-27/h3-4,6-8,12,27H,2,5,9-10,24H2,1H3/t12-/m1/s1. The largest absolute Gasteiger partial charge is 0.492 e. The molecule has 10 heteroatoms. The van der Waals surface area contributed by atoms with Crippen LogP contribution in [0.2, 0.25) is 10.0 Å². The molecule has 1 heterocycles. The lowest BCUT2D eigenvalue weighted by atomic mass is 10.2. The lowest BCUT2D eigenvalue weighted by Crippen LogP contribution is -2.31. The summed E-state index contributed by atoms with van der Waals surface area (Å²) < 4.78 is 25.3. The Bertz CT molecular complexity index is 1020. The number of nitrogens with zero attached hydrogens (tertiary/aromatic N) is 2. The van der Waals surface area contributed by atoms with Gasteiger partial charge in [-0.15, -0.1) is 10.2 Å². The van der Waals surface area contributed by atoms with Gasteiger partial charge in [0, 0.05) is 17.2 Å². The molecule has 3 N–H and O–H groups in total. The number of aliphatic hydroxyl groups excluding tert-OH is 1. The minimum atomic E-state index is -0.614. The van der Waals surface area contributed by atoms with Gasteiger partial charge in [0.05, 0.1) is 29.3 Å². The summed E-state index contributed by atoms with van der Waals surface area (Å²) in [5, 5.41) is 19.0. The van der Waals surface area contributed by atoms with Crippen molar-refractivity contribution in [2.75, 3.05) is 19.8 Å². The summed E-state index contributed by atoms with van der Waals surface area (Å²) in [7, 11) is 0. The topological polar surface area (TPSA) is 90.5 Å². The predicted molar refractivity (Wildman–Crippen MR) is 117 cm³/mol. The Morgan fingerprint density at radius 2 is 1.87 bits per heavy atom. The number of hydrogen-bond donors (Lipinski definition) is 2. The van der Waals surface area contributed by atoms with Crippen LogP contribution in [0.1, 0.15) is 13.3 Å². The first-order valence-corrected chi connectivity index (χ1v) is 10.7. The molecule has 3 rings (SSSR count). The van der Waals surface area contributed by atoms with Crippen molar-refractivity contribution >= 4 is 34.5 Å². The van der Waals surface area contributed by atoms with E-state index in [2.05, 4.69) is 10.2 Å². The van der Waals surface area contributed by atoms with Crippen LogP contribution in [0.5, 0.6) is 11.5 Å². The molecule has 1 aromatic heterocycles. The van der Waals surface area contributed by atoms with E-state index in [1.807, 2.05) is 13.0 Å². The molecule has 0 aliphatic carbocycles. The summed E-state index contributed by atoms with van der Waals surface area (Å²) in [5.74, 6) is -0.0581. The third kappa shape index (κ3) is 5.39. The maximum Gasteiger partial charge on any atom is 0.165 e. The van der Waals surface area contributed by atoms with Crippen molar-refractivity contribution in [3.8, 4) is 32.6 Å². The lowest BCUT2D eigenvalue weighted by Gasteiger charge is -2.12. The van der Waals surface area contributed by atoms with Crippen LogP contribution in [-0.4, -0.2) is 41.2 Å². The number of aliphatic hydroxyl groups is 1. The van der Waals surface area contributed by atoms with Crippen LogP contribution < -0.4 is 15.2 Å². The van der Waals surface area contributed by atoms with Crippen molar-refractivity contribution in [2.24, 2.45) is 5.73 Å². The van der Waals surface area contributed by atoms with Gasteiger partial charge in [0.2, 0.25) is 0 Å². The molecule has 160 valence electrons. The quantitative estimate of drug-likeness (QED) is 0.465. The van der Waals surface area contributed by atoms with E-state index >= 15 is 0 Å². The summed E-state index contributed by atoms with van der Waals surface area (Å²) in [5.41, 5.74) is 6.73. The summed E-state index contributed by atoms with van der Waals surface area (Å²) in [6.45, 7) is 2.29. The van der Waals surface area contributed by atoms with Crippen molar-refractivity contribution in [3.05, 3.63) is 46.2 Å². The molecule has 1 atom stereocenters. The highest BCUT2D eigenvalue weighted by molar-refractivity contribution is 7.18. The fraction of sp³-hybridized carbons (Fsp3) is 0.300. The van der Waals surface area contributed by atoms with E-state index in [-0.39, 0.29) is 24.0 Å². The van der Waals surface area contributed by atoms with Crippen molar-refractivity contribution in [3.63, 3.8) is 0 Å². The van der Waals surface area contributed by atoms with Gasteiger partial charge in [0.1, 0.15) is 22.4 Å². The Balaban J connectivity index is 1.82. The lowest BCUT2D eigenvalue weighted by molar-refractivity contribution is 0.202. The molecule has 0 saturated carbocycles. The Morgan fingerprint density at radius 3 is 2.57 bits per heavy atom. The Hall–Kier alpha value is -1.97. The maximum atomic E-state index is 14.4. The molecule has 0 bridgehead atoms. The van der Waals surface area contributed by atoms with Gasteiger partial charge in [-0.05, 0) is 30.7 Å². The number of rotatable bonds is 9. The van der Waals surface area contributed by atoms with Crippen LogP contribution in [0.3, 0.4) is 0 Å². The first kappa shape index (κ1) is 22.7. The summed E-state index contributed by atoms with van der Waals surface area (Å²) in [6, 6.07) is 7.35. The number of nitrogens with two attached hydrogens (primary N) is 1. The van der Waals surface area contributed by atoms with E-state index in [4.69, 9.17) is 43.5 Å². The van der Waals surface area contributed by atoms with E-state index < -0.39 is 11.9 Å². The number of halogens is 3. The second-order valence-electron chi connectivity index (χ2n) is 6.42. The summed E-state index contributed by atoms with van der Waals surface area (Å²) >= 11 is 13.9. The molecule has 0 unspecified atom stereocenters. The zero-order valence-electron chi connectivity index (χ0n) is 16.1. The molecule has 0 fully saturated rings. The normalized spacial score (nSPS) is 12.1. The first-order valence-electron chi connectivity index (χ1n) is 9.17. The van der Waals surface area contributed by atoms with E-state index in [1.165, 1.54) is 23.5 Å². The molecule has 2 aromatic carbocycles. The molecule has 0 spiro atoms. The van der Waals surface area contributed by atoms with E-state index in [9.17, 15) is 4.39 Å². The minimum Gasteiger partial charge on any atom is -0.492 e. The summed E-state index contributed by atoms with van der Waals surface area (Å²) in [6.07, 6.45) is 0.882. The second-order valence-corrected chi connectivity index (χ2v) is 8.21. The second kappa shape index (κ2) is 10.4. The molecule has 0 radical (unpaired) electrons. The van der Waals surface area contributed by atoms with Gasteiger partial charge in [-0.1, -0.05) is 41.5 Å². The average molecular weight is 472 g/mol. The third-order valence-corrected chi connectivity index (χ3v) is 5.62. The highest BCUT2D eigenvalue weighted by atomic mass is 35.5. The molecule has 6 nitrogen and oxygen atoms in total. The molecule has 0 amide bonds. The molecule has 3 aromatic rings. The zero-order valence-corrected chi connectivity index (χ0v) is 18.4. The predicted octanol–water partition coefficient (Wildman–Crippen LogP) is 4.81.